The largest absolute Gasteiger partial charge is 0.494 e. The lowest BCUT2D eigenvalue weighted by Crippen LogP contribution is -2.41. The van der Waals surface area contributed by atoms with Gasteiger partial charge in [-0.25, -0.2) is 0 Å². The molecule has 2 aromatic rings. The first-order chi connectivity index (χ1) is 21.7. The third-order valence-corrected chi connectivity index (χ3v) is 11.1. The average Bonchev–Trinajstić information content (AvgIpc) is 3.29. The molecule has 254 valence electrons. The van der Waals surface area contributed by atoms with Crippen LogP contribution in [0.3, 0.4) is 0 Å². The summed E-state index contributed by atoms with van der Waals surface area (Å²) in [5.41, 5.74) is 7.42. The third kappa shape index (κ3) is 7.32. The molecular weight excluding hydrogens is 647 g/mol. The van der Waals surface area contributed by atoms with E-state index in [0.717, 1.165) is 42.0 Å². The van der Waals surface area contributed by atoms with Crippen molar-refractivity contribution >= 4 is 28.5 Å². The second kappa shape index (κ2) is 14.3. The Bertz CT molecular complexity index is 1360. The lowest BCUT2D eigenvalue weighted by atomic mass is 9.67. The van der Waals surface area contributed by atoms with Gasteiger partial charge >= 0.3 is 7.12 Å². The smallest absolute Gasteiger partial charge is 0.399 e. The molecule has 2 aliphatic heterocycles. The predicted octanol–water partition coefficient (Wildman–Crippen LogP) is 7.49. The molecule has 0 radical (unpaired) electrons. The molecule has 46 heavy (non-hydrogen) atoms. The normalized spacial score (nSPS) is 21.8. The summed E-state index contributed by atoms with van der Waals surface area (Å²) >= 11 is 3.88. The first kappa shape index (κ1) is 36.0. The number of methoxy groups -OCH3 is 2. The van der Waals surface area contributed by atoms with Crippen LogP contribution in [0.15, 0.2) is 28.7 Å². The minimum absolute atomic E-state index is 0.190. The van der Waals surface area contributed by atoms with Gasteiger partial charge in [-0.1, -0.05) is 28.1 Å². The number of ether oxygens (including phenoxy) is 5. The van der Waals surface area contributed by atoms with E-state index in [2.05, 4.69) is 88.7 Å². The van der Waals surface area contributed by atoms with Crippen LogP contribution in [0.1, 0.15) is 103 Å². The van der Waals surface area contributed by atoms with Crippen molar-refractivity contribution in [2.75, 3.05) is 40.6 Å². The number of rotatable bonds is 16. The van der Waals surface area contributed by atoms with Gasteiger partial charge in [0, 0.05) is 37.3 Å². The van der Waals surface area contributed by atoms with E-state index in [0.29, 0.717) is 39.6 Å². The first-order valence-electron chi connectivity index (χ1n) is 16.9. The van der Waals surface area contributed by atoms with E-state index in [1.54, 1.807) is 14.2 Å². The Balaban J connectivity index is 1.58. The summed E-state index contributed by atoms with van der Waals surface area (Å²) in [5, 5.41) is 0. The summed E-state index contributed by atoms with van der Waals surface area (Å²) in [6, 6.07) is 9.22. The van der Waals surface area contributed by atoms with Gasteiger partial charge in [-0.05, 0) is 132 Å². The Morgan fingerprint density at radius 3 is 2.17 bits per heavy atom. The zero-order valence-electron chi connectivity index (χ0n) is 29.5. The van der Waals surface area contributed by atoms with Crippen molar-refractivity contribution in [2.45, 2.75) is 122 Å². The predicted molar refractivity (Wildman–Crippen MR) is 187 cm³/mol. The first-order valence-corrected chi connectivity index (χ1v) is 17.7. The molecule has 0 saturated carbocycles. The molecule has 2 heterocycles. The molecule has 1 fully saturated rings. The fourth-order valence-electron chi connectivity index (χ4n) is 7.09. The molecule has 1 saturated heterocycles. The molecule has 2 atom stereocenters. The number of benzene rings is 2. The van der Waals surface area contributed by atoms with Gasteiger partial charge in [0.1, 0.15) is 0 Å². The molecule has 3 aliphatic rings. The molecule has 5 rings (SSSR count). The highest BCUT2D eigenvalue weighted by Gasteiger charge is 2.53. The molecule has 0 amide bonds. The SMILES string of the molecule is COCCOC(C)(C)CCC1(CCCOCCC(C)OC)c2cc(Br)cc3c2-c2c(cc(B4OC(C)(C)C(C)(C)O4)cc21)COC3. The third-order valence-electron chi connectivity index (χ3n) is 10.6. The van der Waals surface area contributed by atoms with Crippen LogP contribution in [0, 0.1) is 0 Å². The van der Waals surface area contributed by atoms with Crippen LogP contribution >= 0.6 is 15.9 Å². The van der Waals surface area contributed by atoms with Gasteiger partial charge in [-0.2, -0.15) is 0 Å². The monoisotopic (exact) mass is 700 g/mol. The maximum absolute atomic E-state index is 6.61. The Labute approximate surface area is 285 Å². The Kier molecular flexibility index (Phi) is 11.2. The number of hydrogen-bond donors (Lipinski definition) is 0. The highest BCUT2D eigenvalue weighted by atomic mass is 79.9. The zero-order chi connectivity index (χ0) is 33.3. The molecule has 9 heteroatoms. The molecule has 2 unspecified atom stereocenters. The Morgan fingerprint density at radius 2 is 1.52 bits per heavy atom. The fraction of sp³-hybridized carbons (Fsp3) is 0.676. The van der Waals surface area contributed by atoms with Crippen LogP contribution in [-0.2, 0) is 51.6 Å². The number of hydrogen-bond acceptors (Lipinski definition) is 7. The summed E-state index contributed by atoms with van der Waals surface area (Å²) in [5.74, 6) is 0. The highest BCUT2D eigenvalue weighted by molar-refractivity contribution is 9.10. The second-order valence-electron chi connectivity index (χ2n) is 14.9. The van der Waals surface area contributed by atoms with Crippen molar-refractivity contribution in [1.29, 1.82) is 0 Å². The van der Waals surface area contributed by atoms with Crippen molar-refractivity contribution in [1.82, 2.24) is 0 Å². The van der Waals surface area contributed by atoms with E-state index in [-0.39, 0.29) is 17.1 Å². The molecule has 0 bridgehead atoms. The molecule has 2 aromatic carbocycles. The van der Waals surface area contributed by atoms with Crippen LogP contribution in [0.4, 0.5) is 0 Å². The van der Waals surface area contributed by atoms with Crippen molar-refractivity contribution in [3.8, 4) is 11.1 Å². The van der Waals surface area contributed by atoms with Crippen LogP contribution in [-0.4, -0.2) is 70.7 Å². The van der Waals surface area contributed by atoms with Crippen molar-refractivity contribution in [3.05, 3.63) is 51.0 Å². The quantitative estimate of drug-likeness (QED) is 0.133. The van der Waals surface area contributed by atoms with Crippen molar-refractivity contribution < 1.29 is 33.0 Å². The summed E-state index contributed by atoms with van der Waals surface area (Å²) in [7, 11) is 3.01. The summed E-state index contributed by atoms with van der Waals surface area (Å²) in [4.78, 5) is 0. The molecule has 7 nitrogen and oxygen atoms in total. The zero-order valence-corrected chi connectivity index (χ0v) is 31.1. The summed E-state index contributed by atoms with van der Waals surface area (Å²) in [6.45, 7) is 18.6. The minimum atomic E-state index is -0.456. The van der Waals surface area contributed by atoms with E-state index < -0.39 is 18.3 Å². The fourth-order valence-corrected chi connectivity index (χ4v) is 7.60. The minimum Gasteiger partial charge on any atom is -0.399 e. The van der Waals surface area contributed by atoms with Gasteiger partial charge in [0.2, 0.25) is 0 Å². The second-order valence-corrected chi connectivity index (χ2v) is 15.8. The van der Waals surface area contributed by atoms with E-state index in [4.69, 9.17) is 33.0 Å². The van der Waals surface area contributed by atoms with E-state index >= 15 is 0 Å². The van der Waals surface area contributed by atoms with Gasteiger partial charge in [-0.15, -0.1) is 0 Å². The Morgan fingerprint density at radius 1 is 0.870 bits per heavy atom. The lowest BCUT2D eigenvalue weighted by molar-refractivity contribution is -0.0474. The van der Waals surface area contributed by atoms with Crippen LogP contribution in [0.5, 0.6) is 0 Å². The van der Waals surface area contributed by atoms with Gasteiger partial charge in [-0.3, -0.25) is 0 Å². The molecule has 1 aliphatic carbocycles. The van der Waals surface area contributed by atoms with Gasteiger partial charge in [0.15, 0.2) is 0 Å². The topological polar surface area (TPSA) is 64.6 Å². The summed E-state index contributed by atoms with van der Waals surface area (Å²) < 4.78 is 43.9. The van der Waals surface area contributed by atoms with Gasteiger partial charge < -0.3 is 33.0 Å². The average molecular weight is 702 g/mol. The molecule has 0 N–H and O–H groups in total. The standard InChI is InChI=1S/C37H54BBrO7/c1-25(41-9)11-16-42-15-10-12-37(14-13-34(2,3)44-18-17-40-8)30-21-28(38-45-35(4,5)36(6,7)46-38)19-26-23-43-24-27-20-29(39)22-31(37)33(27)32(26)30/h19-22,25H,10-18,23-24H2,1-9H3. The van der Waals surface area contributed by atoms with Crippen molar-refractivity contribution in [2.24, 2.45) is 0 Å². The maximum Gasteiger partial charge on any atom is 0.494 e. The molecule has 0 spiro atoms. The molecule has 0 aromatic heterocycles. The van der Waals surface area contributed by atoms with Crippen LogP contribution in [0.25, 0.3) is 11.1 Å². The number of halogens is 1. The van der Waals surface area contributed by atoms with Crippen LogP contribution in [0.2, 0.25) is 0 Å². The lowest BCUT2D eigenvalue weighted by Gasteiger charge is -2.37. The maximum atomic E-state index is 6.61. The van der Waals surface area contributed by atoms with E-state index in [1.807, 2.05) is 0 Å². The molecular formula is C37H54BBrO7. The highest BCUT2D eigenvalue weighted by Crippen LogP contribution is 2.58. The van der Waals surface area contributed by atoms with Gasteiger partial charge in [0.25, 0.3) is 0 Å². The summed E-state index contributed by atoms with van der Waals surface area (Å²) in [6.07, 6.45) is 4.77. The Hall–Kier alpha value is -1.30. The van der Waals surface area contributed by atoms with Crippen molar-refractivity contribution in [3.63, 3.8) is 0 Å². The van der Waals surface area contributed by atoms with E-state index in [9.17, 15) is 0 Å². The van der Waals surface area contributed by atoms with Gasteiger partial charge in [0.05, 0.1) is 49.3 Å². The van der Waals surface area contributed by atoms with Crippen LogP contribution < -0.4 is 5.46 Å². The van der Waals surface area contributed by atoms with E-state index in [1.165, 1.54) is 33.4 Å².